The fourth-order valence-corrected chi connectivity index (χ4v) is 2.36. The maximum Gasteiger partial charge on any atom is 0.337 e. The van der Waals surface area contributed by atoms with Crippen LogP contribution in [0.5, 0.6) is 0 Å². The molecule has 0 heterocycles. The van der Waals surface area contributed by atoms with Gasteiger partial charge in [-0.15, -0.1) is 0 Å². The van der Waals surface area contributed by atoms with Crippen molar-refractivity contribution in [2.45, 2.75) is 20.8 Å². The molecule has 0 unspecified atom stereocenters. The molecule has 0 saturated carbocycles. The van der Waals surface area contributed by atoms with E-state index in [0.29, 0.717) is 16.8 Å². The first-order chi connectivity index (χ1) is 11.8. The zero-order valence-electron chi connectivity index (χ0n) is 14.6. The molecular formula is C19H20N2O4. The number of ether oxygens (including phenoxy) is 1. The minimum absolute atomic E-state index is 0.355. The predicted octanol–water partition coefficient (Wildman–Crippen LogP) is 2.79. The van der Waals surface area contributed by atoms with E-state index in [4.69, 9.17) is 0 Å². The molecule has 0 spiro atoms. The van der Waals surface area contributed by atoms with Gasteiger partial charge >= 0.3 is 5.97 Å². The van der Waals surface area contributed by atoms with E-state index >= 15 is 0 Å². The van der Waals surface area contributed by atoms with Crippen molar-refractivity contribution >= 4 is 23.5 Å². The fraction of sp³-hybridized carbons (Fsp3) is 0.211. The molecule has 0 saturated heterocycles. The van der Waals surface area contributed by atoms with Crippen LogP contribution >= 0.6 is 0 Å². The molecule has 0 atom stereocenters. The Morgan fingerprint density at radius 3 is 2.20 bits per heavy atom. The van der Waals surface area contributed by atoms with Crippen molar-refractivity contribution in [1.29, 1.82) is 0 Å². The number of aryl methyl sites for hydroxylation is 1. The summed E-state index contributed by atoms with van der Waals surface area (Å²) in [5.74, 6) is -1.21. The molecule has 130 valence electrons. The van der Waals surface area contributed by atoms with Gasteiger partial charge in [0.1, 0.15) is 0 Å². The number of rotatable bonds is 3. The number of carbonyl (C=O) groups excluding carboxylic acids is 3. The monoisotopic (exact) mass is 340 g/mol. The van der Waals surface area contributed by atoms with Gasteiger partial charge in [0.15, 0.2) is 0 Å². The highest BCUT2D eigenvalue weighted by Crippen LogP contribution is 2.20. The SMILES string of the molecule is COC(=O)c1ccc(N(NC(C)=O)C(=O)c2cccc(C)c2C)cc1. The Morgan fingerprint density at radius 1 is 1.00 bits per heavy atom. The van der Waals surface area contributed by atoms with Gasteiger partial charge in [-0.25, -0.2) is 9.80 Å². The summed E-state index contributed by atoms with van der Waals surface area (Å²) in [6, 6.07) is 11.6. The number of esters is 1. The first-order valence-electron chi connectivity index (χ1n) is 7.71. The Kier molecular flexibility index (Phi) is 5.54. The van der Waals surface area contributed by atoms with Gasteiger partial charge in [0, 0.05) is 12.5 Å². The van der Waals surface area contributed by atoms with Gasteiger partial charge < -0.3 is 4.74 Å². The van der Waals surface area contributed by atoms with E-state index in [9.17, 15) is 14.4 Å². The number of hydrazine groups is 1. The van der Waals surface area contributed by atoms with Crippen LogP contribution in [0.2, 0.25) is 0 Å². The van der Waals surface area contributed by atoms with Crippen LogP contribution in [0.15, 0.2) is 42.5 Å². The average molecular weight is 340 g/mol. The largest absolute Gasteiger partial charge is 0.465 e. The summed E-state index contributed by atoms with van der Waals surface area (Å²) in [6.07, 6.45) is 0. The summed E-state index contributed by atoms with van der Waals surface area (Å²) in [7, 11) is 1.30. The molecule has 2 rings (SSSR count). The maximum atomic E-state index is 12.9. The standard InChI is InChI=1S/C19H20N2O4/c1-12-6-5-7-17(13(12)2)18(23)21(20-14(3)22)16-10-8-15(9-11-16)19(24)25-4/h5-11H,1-4H3,(H,20,22). The van der Waals surface area contributed by atoms with E-state index in [1.807, 2.05) is 19.9 Å². The molecule has 0 aliphatic rings. The molecule has 2 amide bonds. The Bertz CT molecular complexity index is 813. The molecule has 0 bridgehead atoms. The van der Waals surface area contributed by atoms with Crippen molar-refractivity contribution in [3.63, 3.8) is 0 Å². The molecule has 1 N–H and O–H groups in total. The lowest BCUT2D eigenvalue weighted by Gasteiger charge is -2.24. The summed E-state index contributed by atoms with van der Waals surface area (Å²) in [4.78, 5) is 36.0. The van der Waals surface area contributed by atoms with E-state index in [2.05, 4.69) is 10.2 Å². The summed E-state index contributed by atoms with van der Waals surface area (Å²) < 4.78 is 4.66. The third kappa shape index (κ3) is 4.03. The van der Waals surface area contributed by atoms with E-state index < -0.39 is 5.97 Å². The third-order valence-electron chi connectivity index (χ3n) is 3.85. The van der Waals surface area contributed by atoms with Crippen molar-refractivity contribution in [1.82, 2.24) is 5.43 Å². The number of nitrogens with zero attached hydrogens (tertiary/aromatic N) is 1. The van der Waals surface area contributed by atoms with Crippen LogP contribution in [-0.2, 0) is 9.53 Å². The van der Waals surface area contributed by atoms with Crippen LogP contribution in [0, 0.1) is 13.8 Å². The highest BCUT2D eigenvalue weighted by atomic mass is 16.5. The Labute approximate surface area is 146 Å². The first kappa shape index (κ1) is 18.2. The highest BCUT2D eigenvalue weighted by molar-refractivity contribution is 6.08. The van der Waals surface area contributed by atoms with Crippen LogP contribution < -0.4 is 10.4 Å². The quantitative estimate of drug-likeness (QED) is 0.688. The lowest BCUT2D eigenvalue weighted by atomic mass is 10.0. The molecule has 0 fully saturated rings. The molecule has 6 nitrogen and oxygen atoms in total. The van der Waals surface area contributed by atoms with Crippen LogP contribution in [0.25, 0.3) is 0 Å². The molecule has 0 aliphatic heterocycles. The van der Waals surface area contributed by atoms with Crippen molar-refractivity contribution in [2.24, 2.45) is 0 Å². The molecule has 0 aliphatic carbocycles. The van der Waals surface area contributed by atoms with Gasteiger partial charge in [0.05, 0.1) is 18.4 Å². The number of nitrogens with one attached hydrogen (secondary N) is 1. The summed E-state index contributed by atoms with van der Waals surface area (Å²) in [5, 5.41) is 1.17. The maximum absolute atomic E-state index is 12.9. The summed E-state index contributed by atoms with van der Waals surface area (Å²) in [5.41, 5.74) is 5.64. The van der Waals surface area contributed by atoms with Gasteiger partial charge in [-0.2, -0.15) is 0 Å². The first-order valence-corrected chi connectivity index (χ1v) is 7.71. The van der Waals surface area contributed by atoms with Crippen molar-refractivity contribution in [3.8, 4) is 0 Å². The number of methoxy groups -OCH3 is 1. The van der Waals surface area contributed by atoms with Crippen LogP contribution in [0.3, 0.4) is 0 Å². The topological polar surface area (TPSA) is 75.7 Å². The van der Waals surface area contributed by atoms with Gasteiger partial charge in [-0.05, 0) is 55.3 Å². The number of benzene rings is 2. The normalized spacial score (nSPS) is 10.1. The number of anilines is 1. The second-order valence-electron chi connectivity index (χ2n) is 5.59. The van der Waals surface area contributed by atoms with Gasteiger partial charge in [0.2, 0.25) is 5.91 Å². The van der Waals surface area contributed by atoms with Crippen molar-refractivity contribution < 1.29 is 19.1 Å². The van der Waals surface area contributed by atoms with Crippen LogP contribution in [0.1, 0.15) is 38.8 Å². The lowest BCUT2D eigenvalue weighted by Crippen LogP contribution is -2.46. The predicted molar refractivity (Wildman–Crippen MR) is 94.3 cm³/mol. The summed E-state index contributed by atoms with van der Waals surface area (Å²) >= 11 is 0. The molecule has 2 aromatic carbocycles. The fourth-order valence-electron chi connectivity index (χ4n) is 2.36. The molecule has 0 aromatic heterocycles. The average Bonchev–Trinajstić information content (AvgIpc) is 2.61. The van der Waals surface area contributed by atoms with Crippen molar-refractivity contribution in [3.05, 3.63) is 64.7 Å². The van der Waals surface area contributed by atoms with E-state index in [0.717, 1.165) is 11.1 Å². The van der Waals surface area contributed by atoms with Crippen molar-refractivity contribution in [2.75, 3.05) is 12.1 Å². The minimum atomic E-state index is -0.474. The smallest absolute Gasteiger partial charge is 0.337 e. The Morgan fingerprint density at radius 2 is 1.64 bits per heavy atom. The minimum Gasteiger partial charge on any atom is -0.465 e. The molecule has 2 aromatic rings. The number of hydrogen-bond donors (Lipinski definition) is 1. The van der Waals surface area contributed by atoms with E-state index in [1.165, 1.54) is 31.2 Å². The highest BCUT2D eigenvalue weighted by Gasteiger charge is 2.21. The zero-order valence-corrected chi connectivity index (χ0v) is 14.6. The van der Waals surface area contributed by atoms with Gasteiger partial charge in [-0.1, -0.05) is 12.1 Å². The summed E-state index contributed by atoms with van der Waals surface area (Å²) in [6.45, 7) is 5.10. The molecular weight excluding hydrogens is 320 g/mol. The molecule has 0 radical (unpaired) electrons. The number of carbonyl (C=O) groups is 3. The second kappa shape index (κ2) is 7.61. The van der Waals surface area contributed by atoms with Gasteiger partial charge in [0.25, 0.3) is 5.91 Å². The third-order valence-corrected chi connectivity index (χ3v) is 3.85. The van der Waals surface area contributed by atoms with E-state index in [-0.39, 0.29) is 11.8 Å². The van der Waals surface area contributed by atoms with Crippen LogP contribution in [0.4, 0.5) is 5.69 Å². The zero-order chi connectivity index (χ0) is 18.6. The van der Waals surface area contributed by atoms with Gasteiger partial charge in [-0.3, -0.25) is 15.0 Å². The number of hydrogen-bond acceptors (Lipinski definition) is 4. The second-order valence-corrected chi connectivity index (χ2v) is 5.59. The lowest BCUT2D eigenvalue weighted by molar-refractivity contribution is -0.119. The molecule has 6 heteroatoms. The molecule has 25 heavy (non-hydrogen) atoms. The van der Waals surface area contributed by atoms with E-state index in [1.54, 1.807) is 24.3 Å². The number of amides is 2. The van der Waals surface area contributed by atoms with Crippen LogP contribution in [-0.4, -0.2) is 24.9 Å². The Hall–Kier alpha value is -3.15. The Balaban J connectivity index is 2.42.